The Bertz CT molecular complexity index is 187. The van der Waals surface area contributed by atoms with Crippen LogP contribution in [0.3, 0.4) is 0 Å². The van der Waals surface area contributed by atoms with Crippen molar-refractivity contribution in [1.29, 1.82) is 0 Å². The number of rotatable bonds is 1. The van der Waals surface area contributed by atoms with Crippen LogP contribution in [0, 0.1) is 0 Å². The Labute approximate surface area is 70.5 Å². The van der Waals surface area contributed by atoms with Gasteiger partial charge < -0.3 is 14.6 Å². The monoisotopic (exact) mass is 172 g/mol. The predicted octanol–water partition coefficient (Wildman–Crippen LogP) is 1.10. The minimum atomic E-state index is -1.02. The number of carboxylic acid groups (broad SMARTS) is 1. The molecule has 0 atom stereocenters. The molecule has 0 bridgehead atoms. The van der Waals surface area contributed by atoms with Gasteiger partial charge in [0.25, 0.3) is 6.29 Å². The van der Waals surface area contributed by atoms with Gasteiger partial charge in [-0.1, -0.05) is 6.42 Å². The number of aliphatic carboxylic acids is 1. The number of ether oxygens (including phenoxy) is 2. The predicted molar refractivity (Wildman–Crippen MR) is 39.4 cm³/mol. The Morgan fingerprint density at radius 2 is 1.83 bits per heavy atom. The van der Waals surface area contributed by atoms with Gasteiger partial charge in [0, 0.05) is 12.8 Å². The van der Waals surface area contributed by atoms with E-state index in [9.17, 15) is 4.79 Å². The molecule has 0 aromatic carbocycles. The lowest BCUT2D eigenvalue weighted by atomic mass is 9.93. The lowest BCUT2D eigenvalue weighted by molar-refractivity contribution is -0.445. The maximum absolute atomic E-state index is 10.4. The summed E-state index contributed by atoms with van der Waals surface area (Å²) in [5, 5.41) is 8.50. The normalized spacial score (nSPS) is 28.3. The van der Waals surface area contributed by atoms with Gasteiger partial charge in [-0.3, -0.25) is 0 Å². The maximum atomic E-state index is 10.4. The van der Waals surface area contributed by atoms with Crippen molar-refractivity contribution in [3.05, 3.63) is 0 Å². The molecule has 1 aliphatic heterocycles. The Balaban J connectivity index is 1.88. The van der Waals surface area contributed by atoms with E-state index in [1.807, 2.05) is 0 Å². The van der Waals surface area contributed by atoms with Gasteiger partial charge in [-0.05, 0) is 12.8 Å². The molecule has 0 amide bonds. The average molecular weight is 172 g/mol. The Kier molecular flexibility index (Phi) is 1.81. The smallest absolute Gasteiger partial charge is 0.361 e. The molecule has 2 aliphatic rings. The highest BCUT2D eigenvalue weighted by atomic mass is 16.9. The molecule has 2 rings (SSSR count). The summed E-state index contributed by atoms with van der Waals surface area (Å²) < 4.78 is 10.4. The summed E-state index contributed by atoms with van der Waals surface area (Å²) in [5.41, 5.74) is 0. The van der Waals surface area contributed by atoms with Gasteiger partial charge in [-0.15, -0.1) is 0 Å². The van der Waals surface area contributed by atoms with E-state index in [0.717, 1.165) is 25.7 Å². The summed E-state index contributed by atoms with van der Waals surface area (Å²) >= 11 is 0. The largest absolute Gasteiger partial charge is 0.477 e. The second kappa shape index (κ2) is 2.71. The van der Waals surface area contributed by atoms with Gasteiger partial charge in [0.15, 0.2) is 5.79 Å². The molecule has 1 saturated carbocycles. The second-order valence-corrected chi connectivity index (χ2v) is 3.38. The topological polar surface area (TPSA) is 55.8 Å². The van der Waals surface area contributed by atoms with Gasteiger partial charge in [-0.2, -0.15) is 0 Å². The van der Waals surface area contributed by atoms with Crippen molar-refractivity contribution in [2.75, 3.05) is 0 Å². The quantitative estimate of drug-likeness (QED) is 0.643. The molecule has 68 valence electrons. The summed E-state index contributed by atoms with van der Waals surface area (Å²) in [5.74, 6) is -1.55. The van der Waals surface area contributed by atoms with Gasteiger partial charge in [0.1, 0.15) is 0 Å². The van der Waals surface area contributed by atoms with E-state index in [0.29, 0.717) is 0 Å². The fourth-order valence-electron chi connectivity index (χ4n) is 1.83. The number of carboxylic acids is 1. The van der Waals surface area contributed by atoms with Gasteiger partial charge in [0.2, 0.25) is 0 Å². The van der Waals surface area contributed by atoms with Gasteiger partial charge in [-0.25, -0.2) is 4.79 Å². The molecule has 2 fully saturated rings. The van der Waals surface area contributed by atoms with Crippen LogP contribution in [0.15, 0.2) is 0 Å². The van der Waals surface area contributed by atoms with Crippen LogP contribution in [-0.4, -0.2) is 23.2 Å². The minimum absolute atomic E-state index is 0.526. The highest BCUT2D eigenvalue weighted by molar-refractivity contribution is 5.71. The number of carbonyl (C=O) groups is 1. The van der Waals surface area contributed by atoms with Crippen LogP contribution in [0.2, 0.25) is 0 Å². The summed E-state index contributed by atoms with van der Waals surface area (Å²) in [6.07, 6.45) is 4.03. The molecule has 4 nitrogen and oxygen atoms in total. The second-order valence-electron chi connectivity index (χ2n) is 3.38. The van der Waals surface area contributed by atoms with Crippen molar-refractivity contribution in [3.8, 4) is 0 Å². The third-order valence-corrected chi connectivity index (χ3v) is 2.46. The molecule has 0 aromatic rings. The number of hydrogen-bond acceptors (Lipinski definition) is 3. The molecule has 1 heterocycles. The van der Waals surface area contributed by atoms with Crippen molar-refractivity contribution in [1.82, 2.24) is 0 Å². The van der Waals surface area contributed by atoms with Crippen LogP contribution in [0.1, 0.15) is 32.1 Å². The molecule has 1 N–H and O–H groups in total. The van der Waals surface area contributed by atoms with E-state index in [-0.39, 0.29) is 0 Å². The zero-order valence-electron chi connectivity index (χ0n) is 6.78. The lowest BCUT2D eigenvalue weighted by Crippen LogP contribution is -2.57. The van der Waals surface area contributed by atoms with E-state index in [2.05, 4.69) is 0 Å². The van der Waals surface area contributed by atoms with Crippen LogP contribution in [0.4, 0.5) is 0 Å². The molecule has 0 radical (unpaired) electrons. The first kappa shape index (κ1) is 8.01. The molecule has 1 aliphatic carbocycles. The van der Waals surface area contributed by atoms with Crippen LogP contribution in [0.25, 0.3) is 0 Å². The summed E-state index contributed by atoms with van der Waals surface area (Å²) in [6.45, 7) is 0. The minimum Gasteiger partial charge on any atom is -0.477 e. The van der Waals surface area contributed by atoms with E-state index in [1.165, 1.54) is 6.42 Å². The fraction of sp³-hybridized carbons (Fsp3) is 0.875. The average Bonchev–Trinajstić information content (AvgIpc) is 2.01. The van der Waals surface area contributed by atoms with Crippen LogP contribution < -0.4 is 0 Å². The standard InChI is InChI=1S/C8H12O4/c9-6(10)7-11-8(12-7)4-2-1-3-5-8/h7H,1-5H2,(H,9,10). The van der Waals surface area contributed by atoms with Gasteiger partial charge in [0.05, 0.1) is 0 Å². The van der Waals surface area contributed by atoms with E-state index >= 15 is 0 Å². The summed E-state index contributed by atoms with van der Waals surface area (Å²) in [4.78, 5) is 10.4. The maximum Gasteiger partial charge on any atom is 0.361 e. The Morgan fingerprint density at radius 1 is 1.25 bits per heavy atom. The van der Waals surface area contributed by atoms with Crippen molar-refractivity contribution in [2.24, 2.45) is 0 Å². The lowest BCUT2D eigenvalue weighted by Gasteiger charge is -2.47. The van der Waals surface area contributed by atoms with Crippen molar-refractivity contribution < 1.29 is 19.4 Å². The first-order valence-corrected chi connectivity index (χ1v) is 4.30. The van der Waals surface area contributed by atoms with Crippen molar-refractivity contribution >= 4 is 5.97 Å². The SMILES string of the molecule is O=C(O)C1OC2(CCCCC2)O1. The van der Waals surface area contributed by atoms with Crippen molar-refractivity contribution in [2.45, 2.75) is 44.2 Å². The molecular weight excluding hydrogens is 160 g/mol. The fourth-order valence-corrected chi connectivity index (χ4v) is 1.83. The number of hydrogen-bond donors (Lipinski definition) is 1. The molecule has 1 spiro atoms. The molecule has 4 heteroatoms. The molecule has 0 aromatic heterocycles. The Hall–Kier alpha value is -0.610. The van der Waals surface area contributed by atoms with Crippen molar-refractivity contribution in [3.63, 3.8) is 0 Å². The molecular formula is C8H12O4. The summed E-state index contributed by atoms with van der Waals surface area (Å²) in [7, 11) is 0. The highest BCUT2D eigenvalue weighted by Gasteiger charge is 2.50. The van der Waals surface area contributed by atoms with Gasteiger partial charge >= 0.3 is 5.97 Å². The molecule has 1 saturated heterocycles. The van der Waals surface area contributed by atoms with Crippen LogP contribution in [-0.2, 0) is 14.3 Å². The first-order chi connectivity index (χ1) is 5.72. The van der Waals surface area contributed by atoms with Crippen LogP contribution in [0.5, 0.6) is 0 Å². The molecule has 12 heavy (non-hydrogen) atoms. The first-order valence-electron chi connectivity index (χ1n) is 4.30. The van der Waals surface area contributed by atoms with E-state index in [1.54, 1.807) is 0 Å². The molecule has 0 unspecified atom stereocenters. The summed E-state index contributed by atoms with van der Waals surface area (Å²) in [6, 6.07) is 0. The Morgan fingerprint density at radius 3 is 2.33 bits per heavy atom. The van der Waals surface area contributed by atoms with E-state index in [4.69, 9.17) is 14.6 Å². The zero-order chi connectivity index (χ0) is 8.60. The third kappa shape index (κ3) is 1.21. The van der Waals surface area contributed by atoms with E-state index < -0.39 is 18.0 Å². The third-order valence-electron chi connectivity index (χ3n) is 2.46. The highest BCUT2D eigenvalue weighted by Crippen LogP contribution is 2.41. The zero-order valence-corrected chi connectivity index (χ0v) is 6.78. The van der Waals surface area contributed by atoms with Crippen LogP contribution >= 0.6 is 0 Å².